The largest absolute Gasteiger partial charge is 0.457 e. The minimum Gasteiger partial charge on any atom is -0.457 e. The van der Waals surface area contributed by atoms with E-state index in [1.54, 1.807) is 0 Å². The van der Waals surface area contributed by atoms with Crippen molar-refractivity contribution in [3.63, 3.8) is 0 Å². The third-order valence-electron chi connectivity index (χ3n) is 4.43. The zero-order valence-corrected chi connectivity index (χ0v) is 13.3. The van der Waals surface area contributed by atoms with Gasteiger partial charge >= 0.3 is 5.97 Å². The van der Waals surface area contributed by atoms with Crippen LogP contribution < -0.4 is 0 Å². The van der Waals surface area contributed by atoms with Crippen LogP contribution in [0.15, 0.2) is 0 Å². The maximum atomic E-state index is 11.7. The molecule has 1 rings (SSSR count). The molecule has 0 bridgehead atoms. The summed E-state index contributed by atoms with van der Waals surface area (Å²) in [6.07, 6.45) is 12.1. The van der Waals surface area contributed by atoms with Gasteiger partial charge in [-0.3, -0.25) is 0 Å². The highest BCUT2D eigenvalue weighted by molar-refractivity contribution is 5.75. The summed E-state index contributed by atoms with van der Waals surface area (Å²) >= 11 is 0. The Balaban J connectivity index is 2.46. The molecule has 1 atom stereocenters. The first kappa shape index (κ1) is 17.5. The highest BCUT2D eigenvalue weighted by Crippen LogP contribution is 2.35. The third kappa shape index (κ3) is 5.82. The van der Waals surface area contributed by atoms with Gasteiger partial charge in [-0.25, -0.2) is 4.79 Å². The Morgan fingerprint density at radius 1 is 1.05 bits per heavy atom. The first-order valence-corrected chi connectivity index (χ1v) is 8.54. The van der Waals surface area contributed by atoms with Crippen LogP contribution in [0.1, 0.15) is 90.9 Å². The highest BCUT2D eigenvalue weighted by Gasteiger charge is 2.40. The van der Waals surface area contributed by atoms with Gasteiger partial charge in [0.05, 0.1) is 0 Å². The van der Waals surface area contributed by atoms with E-state index in [0.29, 0.717) is 6.42 Å². The number of rotatable bonds is 10. The lowest BCUT2D eigenvalue weighted by Crippen LogP contribution is -2.44. The van der Waals surface area contributed by atoms with Gasteiger partial charge in [0.25, 0.3) is 0 Å². The predicted molar refractivity (Wildman–Crippen MR) is 81.6 cm³/mol. The molecule has 0 saturated carbocycles. The maximum absolute atomic E-state index is 11.7. The van der Waals surface area contributed by atoms with Crippen molar-refractivity contribution < 1.29 is 14.6 Å². The Hall–Kier alpha value is -0.570. The summed E-state index contributed by atoms with van der Waals surface area (Å²) in [4.78, 5) is 11.7. The molecule has 1 aliphatic heterocycles. The van der Waals surface area contributed by atoms with Gasteiger partial charge in [-0.15, -0.1) is 0 Å². The minimum absolute atomic E-state index is 0.280. The highest BCUT2D eigenvalue weighted by atomic mass is 16.6. The van der Waals surface area contributed by atoms with Gasteiger partial charge in [-0.05, 0) is 38.5 Å². The number of carbonyl (C=O) groups excluding carboxylic acids is 1. The average molecular weight is 284 g/mol. The number of hydrogen-bond acceptors (Lipinski definition) is 3. The van der Waals surface area contributed by atoms with E-state index >= 15 is 0 Å². The molecule has 0 amide bonds. The van der Waals surface area contributed by atoms with Crippen LogP contribution in [0.5, 0.6) is 0 Å². The molecule has 1 aliphatic rings. The molecule has 1 saturated heterocycles. The predicted octanol–water partition coefficient (Wildman–Crippen LogP) is 4.36. The summed E-state index contributed by atoms with van der Waals surface area (Å²) in [7, 11) is 0. The summed E-state index contributed by atoms with van der Waals surface area (Å²) in [5.41, 5.74) is -0.280. The van der Waals surface area contributed by atoms with E-state index in [1.165, 1.54) is 38.5 Å². The van der Waals surface area contributed by atoms with E-state index < -0.39 is 12.1 Å². The molecule has 1 heterocycles. The summed E-state index contributed by atoms with van der Waals surface area (Å²) in [5.74, 6) is -0.401. The van der Waals surface area contributed by atoms with Crippen molar-refractivity contribution in [2.24, 2.45) is 0 Å². The van der Waals surface area contributed by atoms with Crippen molar-refractivity contribution in [2.75, 3.05) is 0 Å². The average Bonchev–Trinajstić information content (AvgIpc) is 2.44. The van der Waals surface area contributed by atoms with Crippen LogP contribution in [-0.2, 0) is 9.53 Å². The van der Waals surface area contributed by atoms with Gasteiger partial charge < -0.3 is 9.84 Å². The van der Waals surface area contributed by atoms with E-state index in [2.05, 4.69) is 13.8 Å². The normalized spacial score (nSPS) is 21.8. The molecule has 3 heteroatoms. The lowest BCUT2D eigenvalue weighted by atomic mass is 9.83. The smallest absolute Gasteiger partial charge is 0.335 e. The van der Waals surface area contributed by atoms with E-state index in [4.69, 9.17) is 4.74 Å². The fourth-order valence-corrected chi connectivity index (χ4v) is 3.08. The summed E-state index contributed by atoms with van der Waals surface area (Å²) in [6.45, 7) is 4.41. The van der Waals surface area contributed by atoms with Crippen LogP contribution >= 0.6 is 0 Å². The first-order valence-electron chi connectivity index (χ1n) is 8.54. The van der Waals surface area contributed by atoms with Crippen LogP contribution in [0, 0.1) is 0 Å². The Bertz CT molecular complexity index is 263. The van der Waals surface area contributed by atoms with Gasteiger partial charge in [0, 0.05) is 0 Å². The second kappa shape index (κ2) is 9.38. The molecular formula is C17H32O3. The molecule has 0 aromatic carbocycles. The Morgan fingerprint density at radius 3 is 2.05 bits per heavy atom. The number of esters is 1. The van der Waals surface area contributed by atoms with Gasteiger partial charge in [0.2, 0.25) is 0 Å². The van der Waals surface area contributed by atoms with Crippen LogP contribution in [-0.4, -0.2) is 22.8 Å². The number of cyclic esters (lactones) is 1. The molecule has 0 unspecified atom stereocenters. The topological polar surface area (TPSA) is 46.5 Å². The molecule has 3 nitrogen and oxygen atoms in total. The Morgan fingerprint density at radius 2 is 1.60 bits per heavy atom. The molecule has 0 aromatic heterocycles. The lowest BCUT2D eigenvalue weighted by Gasteiger charge is -2.38. The molecule has 1 N–H and O–H groups in total. The van der Waals surface area contributed by atoms with Crippen LogP contribution in [0.2, 0.25) is 0 Å². The van der Waals surface area contributed by atoms with Crippen molar-refractivity contribution in [3.8, 4) is 0 Å². The second-order valence-corrected chi connectivity index (χ2v) is 6.28. The Labute approximate surface area is 124 Å². The fourth-order valence-electron chi connectivity index (χ4n) is 3.08. The maximum Gasteiger partial charge on any atom is 0.335 e. The number of unbranched alkanes of at least 4 members (excludes halogenated alkanes) is 6. The summed E-state index contributed by atoms with van der Waals surface area (Å²) in [5, 5.41) is 9.55. The Kier molecular flexibility index (Phi) is 8.20. The zero-order chi connectivity index (χ0) is 14.8. The van der Waals surface area contributed by atoms with Crippen LogP contribution in [0.4, 0.5) is 0 Å². The molecule has 0 aromatic rings. The van der Waals surface area contributed by atoms with Crippen molar-refractivity contribution in [1.29, 1.82) is 0 Å². The zero-order valence-electron chi connectivity index (χ0n) is 13.3. The molecule has 0 aliphatic carbocycles. The van der Waals surface area contributed by atoms with Gasteiger partial charge in [0.15, 0.2) is 6.10 Å². The monoisotopic (exact) mass is 284 g/mol. The third-order valence-corrected chi connectivity index (χ3v) is 4.43. The number of carbonyl (C=O) groups is 1. The molecule has 0 radical (unpaired) electrons. The molecular weight excluding hydrogens is 252 g/mol. The molecule has 20 heavy (non-hydrogen) atoms. The van der Waals surface area contributed by atoms with E-state index in [9.17, 15) is 9.90 Å². The number of ether oxygens (including phenoxy) is 1. The molecule has 1 fully saturated rings. The van der Waals surface area contributed by atoms with Gasteiger partial charge in [-0.2, -0.15) is 0 Å². The second-order valence-electron chi connectivity index (χ2n) is 6.28. The van der Waals surface area contributed by atoms with Gasteiger partial charge in [0.1, 0.15) is 5.60 Å². The van der Waals surface area contributed by atoms with E-state index in [0.717, 1.165) is 32.1 Å². The quantitative estimate of drug-likeness (QED) is 0.479. The first-order chi connectivity index (χ1) is 9.63. The summed E-state index contributed by atoms with van der Waals surface area (Å²) < 4.78 is 5.66. The number of hydrogen-bond donors (Lipinski definition) is 1. The van der Waals surface area contributed by atoms with Crippen molar-refractivity contribution in [1.82, 2.24) is 0 Å². The summed E-state index contributed by atoms with van der Waals surface area (Å²) in [6, 6.07) is 0. The van der Waals surface area contributed by atoms with Gasteiger partial charge in [-0.1, -0.05) is 52.4 Å². The number of aliphatic hydroxyl groups is 1. The minimum atomic E-state index is -0.894. The fraction of sp³-hybridized carbons (Fsp3) is 0.941. The van der Waals surface area contributed by atoms with Crippen molar-refractivity contribution in [3.05, 3.63) is 0 Å². The standard InChI is InChI=1S/C17H32O3/c1-3-5-7-9-12-17(13-10-8-6-4-2)14-11-15(18)16(19)20-17/h15,18H,3-14H2,1-2H3/t15-/m0/s1. The lowest BCUT2D eigenvalue weighted by molar-refractivity contribution is -0.184. The van der Waals surface area contributed by atoms with E-state index in [1.807, 2.05) is 0 Å². The van der Waals surface area contributed by atoms with Crippen molar-refractivity contribution >= 4 is 5.97 Å². The molecule has 0 spiro atoms. The van der Waals surface area contributed by atoms with Crippen molar-refractivity contribution in [2.45, 2.75) is 103 Å². The van der Waals surface area contributed by atoms with Crippen LogP contribution in [0.25, 0.3) is 0 Å². The number of aliphatic hydroxyl groups excluding tert-OH is 1. The van der Waals surface area contributed by atoms with E-state index in [-0.39, 0.29) is 5.60 Å². The SMILES string of the molecule is CCCCCCC1(CCCCCC)CC[C@H](O)C(=O)O1. The molecule has 118 valence electrons. The van der Waals surface area contributed by atoms with Crippen LogP contribution in [0.3, 0.4) is 0 Å².